The molecular weight excluding hydrogens is 144 g/mol. The van der Waals surface area contributed by atoms with E-state index in [4.69, 9.17) is 0 Å². The third kappa shape index (κ3) is 1.26. The molecule has 12 heavy (non-hydrogen) atoms. The Balaban J connectivity index is 2.36. The maximum atomic E-state index is 2.30. The van der Waals surface area contributed by atoms with Crippen molar-refractivity contribution < 1.29 is 0 Å². The largest absolute Gasteiger partial charge is 0.0651 e. The summed E-state index contributed by atoms with van der Waals surface area (Å²) in [6.45, 7) is 2.26. The highest BCUT2D eigenvalue weighted by atomic mass is 14.2. The molecule has 0 N–H and O–H groups in total. The molecule has 0 nitrogen and oxygen atoms in total. The fourth-order valence-corrected chi connectivity index (χ4v) is 2.20. The third-order valence-electron chi connectivity index (χ3n) is 2.76. The number of aryl methyl sites for hydroxylation is 2. The highest BCUT2D eigenvalue weighted by molar-refractivity contribution is 5.38. The van der Waals surface area contributed by atoms with Crippen LogP contribution in [0.5, 0.6) is 0 Å². The van der Waals surface area contributed by atoms with Gasteiger partial charge in [0.1, 0.15) is 0 Å². The SMILES string of the molecule is CCCc1cccc2c1CCC2. The highest BCUT2D eigenvalue weighted by Gasteiger charge is 2.12. The normalized spacial score (nSPS) is 14.8. The summed E-state index contributed by atoms with van der Waals surface area (Å²) in [5.41, 5.74) is 4.88. The van der Waals surface area contributed by atoms with E-state index in [1.165, 1.54) is 32.1 Å². The van der Waals surface area contributed by atoms with E-state index in [-0.39, 0.29) is 0 Å². The molecule has 0 bridgehead atoms. The van der Waals surface area contributed by atoms with Gasteiger partial charge in [-0.2, -0.15) is 0 Å². The maximum Gasteiger partial charge on any atom is -0.0270 e. The lowest BCUT2D eigenvalue weighted by atomic mass is 10.0. The Hall–Kier alpha value is -0.780. The predicted octanol–water partition coefficient (Wildman–Crippen LogP) is 3.13. The number of hydrogen-bond acceptors (Lipinski definition) is 0. The number of benzene rings is 1. The molecule has 0 fully saturated rings. The van der Waals surface area contributed by atoms with Crippen molar-refractivity contribution in [2.24, 2.45) is 0 Å². The van der Waals surface area contributed by atoms with Gasteiger partial charge in [0.05, 0.1) is 0 Å². The van der Waals surface area contributed by atoms with Crippen molar-refractivity contribution in [1.82, 2.24) is 0 Å². The molecule has 1 aromatic carbocycles. The predicted molar refractivity (Wildman–Crippen MR) is 52.5 cm³/mol. The smallest absolute Gasteiger partial charge is 0.0270 e. The van der Waals surface area contributed by atoms with E-state index in [2.05, 4.69) is 25.1 Å². The van der Waals surface area contributed by atoms with Gasteiger partial charge < -0.3 is 0 Å². The minimum atomic E-state index is 1.27. The van der Waals surface area contributed by atoms with Crippen LogP contribution in [0, 0.1) is 0 Å². The first-order valence-corrected chi connectivity index (χ1v) is 5.01. The van der Waals surface area contributed by atoms with Crippen molar-refractivity contribution in [2.45, 2.75) is 39.0 Å². The van der Waals surface area contributed by atoms with Gasteiger partial charge in [-0.25, -0.2) is 0 Å². The van der Waals surface area contributed by atoms with Gasteiger partial charge in [0.2, 0.25) is 0 Å². The van der Waals surface area contributed by atoms with Gasteiger partial charge >= 0.3 is 0 Å². The van der Waals surface area contributed by atoms with Gasteiger partial charge in [-0.15, -0.1) is 0 Å². The summed E-state index contributed by atoms with van der Waals surface area (Å²) in [5.74, 6) is 0. The molecular formula is C12H16. The minimum absolute atomic E-state index is 1.27. The summed E-state index contributed by atoms with van der Waals surface area (Å²) in [4.78, 5) is 0. The van der Waals surface area contributed by atoms with Crippen molar-refractivity contribution in [2.75, 3.05) is 0 Å². The molecule has 1 aliphatic rings. The van der Waals surface area contributed by atoms with Crippen LogP contribution in [0.15, 0.2) is 18.2 Å². The Labute approximate surface area is 74.6 Å². The summed E-state index contributed by atoms with van der Waals surface area (Å²) in [6, 6.07) is 6.81. The molecule has 0 aromatic heterocycles. The summed E-state index contributed by atoms with van der Waals surface area (Å²) in [6.07, 6.45) is 6.55. The van der Waals surface area contributed by atoms with Crippen LogP contribution in [0.4, 0.5) is 0 Å². The summed E-state index contributed by atoms with van der Waals surface area (Å²) in [5, 5.41) is 0. The van der Waals surface area contributed by atoms with Crippen molar-refractivity contribution >= 4 is 0 Å². The third-order valence-corrected chi connectivity index (χ3v) is 2.76. The molecule has 0 heterocycles. The van der Waals surface area contributed by atoms with Crippen LogP contribution in [0.2, 0.25) is 0 Å². The highest BCUT2D eigenvalue weighted by Crippen LogP contribution is 2.25. The van der Waals surface area contributed by atoms with E-state index >= 15 is 0 Å². The first-order valence-electron chi connectivity index (χ1n) is 5.01. The van der Waals surface area contributed by atoms with Gasteiger partial charge in [0, 0.05) is 0 Å². The van der Waals surface area contributed by atoms with E-state index in [1.807, 2.05) is 0 Å². The molecule has 1 aromatic rings. The van der Waals surface area contributed by atoms with E-state index in [9.17, 15) is 0 Å². The van der Waals surface area contributed by atoms with Crippen LogP contribution in [0.25, 0.3) is 0 Å². The molecule has 1 aliphatic carbocycles. The Kier molecular flexibility index (Phi) is 2.16. The second kappa shape index (κ2) is 3.30. The standard InChI is InChI=1S/C12H16/c1-2-5-10-6-3-7-11-8-4-9-12(10)11/h3,6-7H,2,4-5,8-9H2,1H3. The quantitative estimate of drug-likeness (QED) is 0.623. The average Bonchev–Trinajstić information content (AvgIpc) is 2.53. The first kappa shape index (κ1) is 7.85. The van der Waals surface area contributed by atoms with Gasteiger partial charge in [-0.05, 0) is 42.4 Å². The summed E-state index contributed by atoms with van der Waals surface area (Å²) >= 11 is 0. The molecule has 0 saturated heterocycles. The van der Waals surface area contributed by atoms with Crippen molar-refractivity contribution in [3.63, 3.8) is 0 Å². The fourth-order valence-electron chi connectivity index (χ4n) is 2.20. The molecule has 0 heteroatoms. The Morgan fingerprint density at radius 2 is 2.17 bits per heavy atom. The number of fused-ring (bicyclic) bond motifs is 1. The van der Waals surface area contributed by atoms with Crippen LogP contribution >= 0.6 is 0 Å². The van der Waals surface area contributed by atoms with Gasteiger partial charge in [0.15, 0.2) is 0 Å². The van der Waals surface area contributed by atoms with Crippen LogP contribution < -0.4 is 0 Å². The minimum Gasteiger partial charge on any atom is -0.0651 e. The molecule has 0 saturated carbocycles. The second-order valence-corrected chi connectivity index (χ2v) is 3.66. The average molecular weight is 160 g/mol. The van der Waals surface area contributed by atoms with Crippen LogP contribution in [-0.2, 0) is 19.3 Å². The van der Waals surface area contributed by atoms with Crippen molar-refractivity contribution in [3.8, 4) is 0 Å². The van der Waals surface area contributed by atoms with Crippen LogP contribution in [0.3, 0.4) is 0 Å². The lowest BCUT2D eigenvalue weighted by molar-refractivity contribution is 0.880. The molecule has 0 amide bonds. The van der Waals surface area contributed by atoms with Crippen molar-refractivity contribution in [1.29, 1.82) is 0 Å². The molecule has 2 rings (SSSR count). The molecule has 0 unspecified atom stereocenters. The zero-order chi connectivity index (χ0) is 8.39. The molecule has 0 atom stereocenters. The van der Waals surface area contributed by atoms with Crippen LogP contribution in [-0.4, -0.2) is 0 Å². The molecule has 0 radical (unpaired) electrons. The molecule has 0 spiro atoms. The summed E-state index contributed by atoms with van der Waals surface area (Å²) in [7, 11) is 0. The maximum absolute atomic E-state index is 2.30. The second-order valence-electron chi connectivity index (χ2n) is 3.66. The number of hydrogen-bond donors (Lipinski definition) is 0. The Bertz CT molecular complexity index is 273. The van der Waals surface area contributed by atoms with E-state index in [0.717, 1.165) is 0 Å². The topological polar surface area (TPSA) is 0 Å². The lowest BCUT2D eigenvalue weighted by Crippen LogP contribution is -1.91. The zero-order valence-electron chi connectivity index (χ0n) is 7.77. The van der Waals surface area contributed by atoms with Gasteiger partial charge in [-0.3, -0.25) is 0 Å². The fraction of sp³-hybridized carbons (Fsp3) is 0.500. The van der Waals surface area contributed by atoms with Gasteiger partial charge in [0.25, 0.3) is 0 Å². The van der Waals surface area contributed by atoms with E-state index in [1.54, 1.807) is 16.7 Å². The van der Waals surface area contributed by atoms with E-state index < -0.39 is 0 Å². The number of rotatable bonds is 2. The monoisotopic (exact) mass is 160 g/mol. The molecule has 64 valence electrons. The molecule has 0 aliphatic heterocycles. The Morgan fingerprint density at radius 3 is 3.00 bits per heavy atom. The first-order chi connectivity index (χ1) is 5.92. The van der Waals surface area contributed by atoms with E-state index in [0.29, 0.717) is 0 Å². The zero-order valence-corrected chi connectivity index (χ0v) is 7.77. The Morgan fingerprint density at radius 1 is 1.25 bits per heavy atom. The summed E-state index contributed by atoms with van der Waals surface area (Å²) < 4.78 is 0. The van der Waals surface area contributed by atoms with Crippen molar-refractivity contribution in [3.05, 3.63) is 34.9 Å². The lowest BCUT2D eigenvalue weighted by Gasteiger charge is -2.05. The van der Waals surface area contributed by atoms with Crippen LogP contribution in [0.1, 0.15) is 36.5 Å². The van der Waals surface area contributed by atoms with Gasteiger partial charge in [-0.1, -0.05) is 31.5 Å².